The van der Waals surface area contributed by atoms with Crippen LogP contribution in [-0.4, -0.2) is 21.0 Å². The standard InChI is InChI=1S/C19H15ClN2O4S/c20-13-5-8-16(21-9-13)27-19-15(22-17(26-19)11-1-2-11)10-25-14-6-3-12(4-7-14)18(23)24/h3-9,11H,1-2,10H2,(H,23,24). The van der Waals surface area contributed by atoms with Crippen LogP contribution in [0.5, 0.6) is 5.75 Å². The number of benzene rings is 1. The van der Waals surface area contributed by atoms with E-state index in [9.17, 15) is 4.79 Å². The van der Waals surface area contributed by atoms with E-state index < -0.39 is 5.97 Å². The van der Waals surface area contributed by atoms with Gasteiger partial charge in [0.15, 0.2) is 11.0 Å². The van der Waals surface area contributed by atoms with Crippen LogP contribution in [0.15, 0.2) is 57.1 Å². The minimum absolute atomic E-state index is 0.213. The lowest BCUT2D eigenvalue weighted by molar-refractivity contribution is 0.0697. The van der Waals surface area contributed by atoms with Crippen LogP contribution in [0.1, 0.15) is 40.7 Å². The molecular formula is C19H15ClN2O4S. The summed E-state index contributed by atoms with van der Waals surface area (Å²) in [7, 11) is 0. The monoisotopic (exact) mass is 402 g/mol. The minimum atomic E-state index is -0.971. The molecule has 0 amide bonds. The number of aromatic carboxylic acids is 1. The van der Waals surface area contributed by atoms with Crippen molar-refractivity contribution in [1.29, 1.82) is 0 Å². The molecule has 1 aliphatic rings. The molecule has 0 atom stereocenters. The fraction of sp³-hybridized carbons (Fsp3) is 0.211. The van der Waals surface area contributed by atoms with E-state index in [1.165, 1.54) is 23.9 Å². The second kappa shape index (κ2) is 7.62. The molecule has 1 aromatic carbocycles. The van der Waals surface area contributed by atoms with E-state index in [4.69, 9.17) is 25.9 Å². The van der Waals surface area contributed by atoms with E-state index in [2.05, 4.69) is 9.97 Å². The molecule has 0 unspecified atom stereocenters. The number of oxazole rings is 1. The maximum absolute atomic E-state index is 10.9. The molecule has 0 spiro atoms. The summed E-state index contributed by atoms with van der Waals surface area (Å²) in [6, 6.07) is 9.85. The van der Waals surface area contributed by atoms with Gasteiger partial charge in [0, 0.05) is 12.1 Å². The Balaban J connectivity index is 1.50. The lowest BCUT2D eigenvalue weighted by Crippen LogP contribution is -1.99. The van der Waals surface area contributed by atoms with Gasteiger partial charge in [0.25, 0.3) is 0 Å². The first kappa shape index (κ1) is 17.9. The Morgan fingerprint density at radius 2 is 2.04 bits per heavy atom. The number of rotatable bonds is 7. The summed E-state index contributed by atoms with van der Waals surface area (Å²) in [5.41, 5.74) is 0.908. The Labute approximate surface area is 164 Å². The highest BCUT2D eigenvalue weighted by Crippen LogP contribution is 2.42. The number of carbonyl (C=O) groups is 1. The summed E-state index contributed by atoms with van der Waals surface area (Å²) in [6.07, 6.45) is 3.75. The first-order valence-electron chi connectivity index (χ1n) is 8.33. The molecule has 0 aliphatic heterocycles. The minimum Gasteiger partial charge on any atom is -0.487 e. The van der Waals surface area contributed by atoms with Crippen molar-refractivity contribution in [3.05, 3.63) is 64.8 Å². The van der Waals surface area contributed by atoms with E-state index in [0.717, 1.165) is 23.8 Å². The Morgan fingerprint density at radius 1 is 1.26 bits per heavy atom. The summed E-state index contributed by atoms with van der Waals surface area (Å²) in [6.45, 7) is 0.221. The van der Waals surface area contributed by atoms with Gasteiger partial charge in [-0.1, -0.05) is 11.6 Å². The van der Waals surface area contributed by atoms with Gasteiger partial charge in [0.2, 0.25) is 0 Å². The van der Waals surface area contributed by atoms with Crippen LogP contribution in [-0.2, 0) is 6.61 Å². The predicted molar refractivity (Wildman–Crippen MR) is 99.6 cm³/mol. The Kier molecular flexibility index (Phi) is 5.05. The van der Waals surface area contributed by atoms with Crippen molar-refractivity contribution in [1.82, 2.24) is 9.97 Å². The molecule has 138 valence electrons. The lowest BCUT2D eigenvalue weighted by atomic mass is 10.2. The fourth-order valence-electron chi connectivity index (χ4n) is 2.39. The molecule has 3 aromatic rings. The van der Waals surface area contributed by atoms with Gasteiger partial charge in [0.05, 0.1) is 10.6 Å². The van der Waals surface area contributed by atoms with Gasteiger partial charge < -0.3 is 14.3 Å². The van der Waals surface area contributed by atoms with Crippen molar-refractivity contribution in [2.45, 2.75) is 35.5 Å². The third-order valence-corrected chi connectivity index (χ3v) is 5.16. The third-order valence-electron chi connectivity index (χ3n) is 3.98. The highest BCUT2D eigenvalue weighted by Gasteiger charge is 2.30. The summed E-state index contributed by atoms with van der Waals surface area (Å²) in [5.74, 6) is 0.704. The quantitative estimate of drug-likeness (QED) is 0.593. The van der Waals surface area contributed by atoms with Gasteiger partial charge in [-0.2, -0.15) is 0 Å². The number of hydrogen-bond acceptors (Lipinski definition) is 6. The highest BCUT2D eigenvalue weighted by atomic mass is 35.5. The van der Waals surface area contributed by atoms with Crippen LogP contribution in [0.2, 0.25) is 5.02 Å². The van der Waals surface area contributed by atoms with Crippen molar-refractivity contribution in [2.75, 3.05) is 0 Å². The first-order chi connectivity index (χ1) is 13.1. The van der Waals surface area contributed by atoms with Crippen LogP contribution in [0.4, 0.5) is 0 Å². The number of pyridine rings is 1. The van der Waals surface area contributed by atoms with Gasteiger partial charge in [-0.25, -0.2) is 14.8 Å². The van der Waals surface area contributed by atoms with E-state index in [1.54, 1.807) is 24.4 Å². The second-order valence-corrected chi connectivity index (χ2v) is 7.53. The molecule has 0 radical (unpaired) electrons. The van der Waals surface area contributed by atoms with Crippen LogP contribution in [0, 0.1) is 0 Å². The molecule has 1 fully saturated rings. The fourth-order valence-corrected chi connectivity index (χ4v) is 3.29. The van der Waals surface area contributed by atoms with Gasteiger partial charge in [-0.05, 0) is 61.0 Å². The average molecular weight is 403 g/mol. The van der Waals surface area contributed by atoms with Crippen LogP contribution in [0.25, 0.3) is 0 Å². The average Bonchev–Trinajstić information content (AvgIpc) is 3.44. The summed E-state index contributed by atoms with van der Waals surface area (Å²) < 4.78 is 11.7. The first-order valence-corrected chi connectivity index (χ1v) is 9.53. The Bertz CT molecular complexity index is 953. The molecule has 2 aromatic heterocycles. The summed E-state index contributed by atoms with van der Waals surface area (Å²) in [5, 5.41) is 10.9. The maximum atomic E-state index is 10.9. The molecule has 0 bridgehead atoms. The van der Waals surface area contributed by atoms with Gasteiger partial charge in [0.1, 0.15) is 23.1 Å². The summed E-state index contributed by atoms with van der Waals surface area (Å²) >= 11 is 7.26. The SMILES string of the molecule is O=C(O)c1ccc(OCc2nc(C3CC3)oc2Sc2ccc(Cl)cn2)cc1. The zero-order valence-electron chi connectivity index (χ0n) is 14.1. The third kappa shape index (κ3) is 4.43. The number of ether oxygens (including phenoxy) is 1. The predicted octanol–water partition coefficient (Wildman–Crippen LogP) is 5.03. The number of halogens is 1. The van der Waals surface area contributed by atoms with Crippen molar-refractivity contribution < 1.29 is 19.1 Å². The zero-order chi connectivity index (χ0) is 18.8. The van der Waals surface area contributed by atoms with E-state index in [0.29, 0.717) is 27.5 Å². The molecule has 2 heterocycles. The highest BCUT2D eigenvalue weighted by molar-refractivity contribution is 7.99. The van der Waals surface area contributed by atoms with Crippen molar-refractivity contribution >= 4 is 29.3 Å². The number of carboxylic acids is 1. The molecule has 1 saturated carbocycles. The topological polar surface area (TPSA) is 85.5 Å². The van der Waals surface area contributed by atoms with Crippen molar-refractivity contribution in [2.24, 2.45) is 0 Å². The molecular weight excluding hydrogens is 388 g/mol. The van der Waals surface area contributed by atoms with Gasteiger partial charge in [-0.3, -0.25) is 0 Å². The molecule has 0 saturated heterocycles. The Hall–Kier alpha value is -2.51. The normalized spacial score (nSPS) is 13.5. The van der Waals surface area contributed by atoms with Crippen molar-refractivity contribution in [3.63, 3.8) is 0 Å². The molecule has 1 aliphatic carbocycles. The smallest absolute Gasteiger partial charge is 0.335 e. The number of aromatic nitrogens is 2. The number of carboxylic acid groups (broad SMARTS) is 1. The van der Waals surface area contributed by atoms with Crippen molar-refractivity contribution in [3.8, 4) is 5.75 Å². The van der Waals surface area contributed by atoms with Crippen LogP contribution in [0.3, 0.4) is 0 Å². The van der Waals surface area contributed by atoms with Crippen LogP contribution >= 0.6 is 23.4 Å². The summed E-state index contributed by atoms with van der Waals surface area (Å²) in [4.78, 5) is 19.8. The number of nitrogens with zero attached hydrogens (tertiary/aromatic N) is 2. The lowest BCUT2D eigenvalue weighted by Gasteiger charge is -2.05. The second-order valence-electron chi connectivity index (χ2n) is 6.10. The van der Waals surface area contributed by atoms with E-state index in [-0.39, 0.29) is 12.2 Å². The van der Waals surface area contributed by atoms with Gasteiger partial charge >= 0.3 is 5.97 Å². The van der Waals surface area contributed by atoms with Crippen LogP contribution < -0.4 is 4.74 Å². The van der Waals surface area contributed by atoms with E-state index >= 15 is 0 Å². The van der Waals surface area contributed by atoms with Gasteiger partial charge in [-0.15, -0.1) is 0 Å². The molecule has 1 N–H and O–H groups in total. The molecule has 27 heavy (non-hydrogen) atoms. The maximum Gasteiger partial charge on any atom is 0.335 e. The molecule has 4 rings (SSSR count). The molecule has 6 nitrogen and oxygen atoms in total. The number of hydrogen-bond donors (Lipinski definition) is 1. The zero-order valence-corrected chi connectivity index (χ0v) is 15.7. The molecule has 8 heteroatoms. The largest absolute Gasteiger partial charge is 0.487 e. The van der Waals surface area contributed by atoms with E-state index in [1.807, 2.05) is 6.07 Å². The Morgan fingerprint density at radius 3 is 2.67 bits per heavy atom.